The van der Waals surface area contributed by atoms with Gasteiger partial charge in [0.25, 0.3) is 0 Å². The third-order valence-electron chi connectivity index (χ3n) is 4.86. The van der Waals surface area contributed by atoms with Gasteiger partial charge in [0.1, 0.15) is 6.10 Å². The Kier molecular flexibility index (Phi) is 12.1. The summed E-state index contributed by atoms with van der Waals surface area (Å²) in [5, 5.41) is 10.0. The average Bonchev–Trinajstić information content (AvgIpc) is 2.83. The van der Waals surface area contributed by atoms with Gasteiger partial charge in [-0.25, -0.2) is 4.79 Å². The summed E-state index contributed by atoms with van der Waals surface area (Å²) in [6.45, 7) is 2.20. The Bertz CT molecular complexity index is 940. The van der Waals surface area contributed by atoms with Crippen LogP contribution in [0.1, 0.15) is 67.8 Å². The van der Waals surface area contributed by atoms with Crippen molar-refractivity contribution in [3.63, 3.8) is 0 Å². The second-order valence-corrected chi connectivity index (χ2v) is 7.57. The molecule has 0 fully saturated rings. The Morgan fingerprint density at radius 3 is 2.25 bits per heavy atom. The molecule has 0 bridgehead atoms. The predicted octanol–water partition coefficient (Wildman–Crippen LogP) is 6.04. The molecule has 0 aliphatic rings. The van der Waals surface area contributed by atoms with Gasteiger partial charge in [0.15, 0.2) is 6.10 Å². The molecule has 0 saturated carbocycles. The summed E-state index contributed by atoms with van der Waals surface area (Å²) in [5.41, 5.74) is 1.50. The minimum absolute atomic E-state index is 0.380. The lowest BCUT2D eigenvalue weighted by atomic mass is 10.1. The van der Waals surface area contributed by atoms with Gasteiger partial charge >= 0.3 is 5.97 Å². The molecule has 0 amide bonds. The molecular formula is C29H32O3. The molecule has 0 spiro atoms. The van der Waals surface area contributed by atoms with Gasteiger partial charge in [-0.1, -0.05) is 99.6 Å². The van der Waals surface area contributed by atoms with Gasteiger partial charge < -0.3 is 9.84 Å². The van der Waals surface area contributed by atoms with Gasteiger partial charge in [0.2, 0.25) is 0 Å². The molecule has 32 heavy (non-hydrogen) atoms. The van der Waals surface area contributed by atoms with Crippen molar-refractivity contribution in [2.24, 2.45) is 0 Å². The minimum atomic E-state index is -0.909. The lowest BCUT2D eigenvalue weighted by molar-refractivity contribution is 0.0393. The molecule has 2 aromatic rings. The number of benzene rings is 2. The van der Waals surface area contributed by atoms with Crippen molar-refractivity contribution in [1.29, 1.82) is 0 Å². The first-order valence-corrected chi connectivity index (χ1v) is 11.4. The van der Waals surface area contributed by atoms with Crippen LogP contribution in [0.2, 0.25) is 0 Å². The van der Waals surface area contributed by atoms with E-state index >= 15 is 0 Å². The maximum Gasteiger partial charge on any atom is 0.339 e. The van der Waals surface area contributed by atoms with Crippen molar-refractivity contribution >= 4 is 12.0 Å². The fourth-order valence-electron chi connectivity index (χ4n) is 3.08. The molecule has 166 valence electrons. The van der Waals surface area contributed by atoms with Crippen molar-refractivity contribution in [1.82, 2.24) is 0 Å². The molecule has 3 heteroatoms. The highest BCUT2D eigenvalue weighted by Crippen LogP contribution is 2.12. The van der Waals surface area contributed by atoms with Gasteiger partial charge in [-0.3, -0.25) is 0 Å². The van der Waals surface area contributed by atoms with Crippen molar-refractivity contribution in [2.75, 3.05) is 0 Å². The number of hydrogen-bond acceptors (Lipinski definition) is 3. The van der Waals surface area contributed by atoms with Crippen molar-refractivity contribution in [2.45, 2.75) is 64.1 Å². The molecule has 0 aliphatic carbocycles. The van der Waals surface area contributed by atoms with Crippen molar-refractivity contribution in [3.8, 4) is 23.7 Å². The first-order valence-electron chi connectivity index (χ1n) is 11.4. The molecule has 0 radical (unpaired) electrons. The third-order valence-corrected chi connectivity index (χ3v) is 4.86. The van der Waals surface area contributed by atoms with Crippen molar-refractivity contribution < 1.29 is 14.6 Å². The molecule has 0 heterocycles. The van der Waals surface area contributed by atoms with Crippen LogP contribution in [0.4, 0.5) is 0 Å². The molecule has 2 rings (SSSR count). The van der Waals surface area contributed by atoms with E-state index in [1.165, 1.54) is 25.7 Å². The number of carbonyl (C=O) groups is 1. The van der Waals surface area contributed by atoms with Gasteiger partial charge in [0, 0.05) is 0 Å². The number of aliphatic hydroxyl groups is 1. The predicted molar refractivity (Wildman–Crippen MR) is 131 cm³/mol. The molecule has 0 aliphatic heterocycles. The summed E-state index contributed by atoms with van der Waals surface area (Å²) in [5.74, 6) is 10.7. The fraction of sp³-hybridized carbons (Fsp3) is 0.345. The van der Waals surface area contributed by atoms with E-state index in [4.69, 9.17) is 4.74 Å². The number of hydrogen-bond donors (Lipinski definition) is 1. The number of unbranched alkanes of at least 4 members (excludes halogenated alkanes) is 5. The SMILES string of the molecule is CCCCCCCCC(C#CC#CC(O)/C=C/c1ccccc1)OC(=O)c1ccccc1. The highest BCUT2D eigenvalue weighted by atomic mass is 16.5. The van der Waals surface area contributed by atoms with Crippen LogP contribution in [0.15, 0.2) is 66.7 Å². The normalized spacial score (nSPS) is 12.2. The number of ether oxygens (including phenoxy) is 1. The number of aliphatic hydroxyl groups excluding tert-OH is 1. The third kappa shape index (κ3) is 10.7. The second-order valence-electron chi connectivity index (χ2n) is 7.57. The second kappa shape index (κ2) is 15.5. The zero-order chi connectivity index (χ0) is 22.9. The Morgan fingerprint density at radius 2 is 1.53 bits per heavy atom. The van der Waals surface area contributed by atoms with Crippen LogP contribution in [0.5, 0.6) is 0 Å². The van der Waals surface area contributed by atoms with E-state index < -0.39 is 12.2 Å². The average molecular weight is 429 g/mol. The summed E-state index contributed by atoms with van der Waals surface area (Å²) in [4.78, 5) is 12.4. The van der Waals surface area contributed by atoms with Crippen LogP contribution in [0.25, 0.3) is 6.08 Å². The maximum absolute atomic E-state index is 12.4. The van der Waals surface area contributed by atoms with Crippen LogP contribution in [0, 0.1) is 23.7 Å². The zero-order valence-corrected chi connectivity index (χ0v) is 18.8. The summed E-state index contributed by atoms with van der Waals surface area (Å²) < 4.78 is 5.62. The lowest BCUT2D eigenvalue weighted by Crippen LogP contribution is -2.16. The molecule has 0 aromatic heterocycles. The van der Waals surface area contributed by atoms with Gasteiger partial charge in [0.05, 0.1) is 5.56 Å². The van der Waals surface area contributed by atoms with Crippen molar-refractivity contribution in [3.05, 3.63) is 77.9 Å². The summed E-state index contributed by atoms with van der Waals surface area (Å²) in [6.07, 6.45) is 9.61. The Hall–Kier alpha value is -3.27. The number of carbonyl (C=O) groups excluding carboxylic acids is 1. The molecular weight excluding hydrogens is 396 g/mol. The minimum Gasteiger partial charge on any atom is -0.446 e. The number of rotatable bonds is 11. The van der Waals surface area contributed by atoms with E-state index in [0.717, 1.165) is 18.4 Å². The summed E-state index contributed by atoms with van der Waals surface area (Å²) in [6, 6.07) is 18.6. The largest absolute Gasteiger partial charge is 0.446 e. The highest BCUT2D eigenvalue weighted by Gasteiger charge is 2.13. The van der Waals surface area contributed by atoms with E-state index in [2.05, 4.69) is 30.6 Å². The Labute approximate surface area is 192 Å². The molecule has 1 N–H and O–H groups in total. The fourth-order valence-corrected chi connectivity index (χ4v) is 3.08. The first kappa shape index (κ1) is 25.0. The summed E-state index contributed by atoms with van der Waals surface area (Å²) in [7, 11) is 0. The van der Waals surface area contributed by atoms with Gasteiger partial charge in [-0.15, -0.1) is 0 Å². The standard InChI is InChI=1S/C29H32O3/c1-2-3-4-5-6-13-21-28(32-29(31)26-18-11-8-12-19-26)22-15-14-20-27(30)24-23-25-16-9-7-10-17-25/h7-12,16-19,23-24,27-28,30H,2-6,13,21H2,1H3/b24-23+. The van der Waals surface area contributed by atoms with Crippen LogP contribution in [-0.2, 0) is 4.74 Å². The molecule has 2 aromatic carbocycles. The van der Waals surface area contributed by atoms with E-state index in [1.807, 2.05) is 42.5 Å². The van der Waals surface area contributed by atoms with Crippen LogP contribution in [0.3, 0.4) is 0 Å². The quantitative estimate of drug-likeness (QED) is 0.269. The zero-order valence-electron chi connectivity index (χ0n) is 18.8. The van der Waals surface area contributed by atoms with E-state index in [0.29, 0.717) is 12.0 Å². The highest BCUT2D eigenvalue weighted by molar-refractivity contribution is 5.89. The van der Waals surface area contributed by atoms with Gasteiger partial charge in [-0.2, -0.15) is 0 Å². The summed E-state index contributed by atoms with van der Waals surface area (Å²) >= 11 is 0. The smallest absolute Gasteiger partial charge is 0.339 e. The molecule has 3 nitrogen and oxygen atoms in total. The Morgan fingerprint density at radius 1 is 0.906 bits per heavy atom. The molecule has 2 unspecified atom stereocenters. The van der Waals surface area contributed by atoms with E-state index in [-0.39, 0.29) is 5.97 Å². The molecule has 2 atom stereocenters. The Balaban J connectivity index is 1.93. The topological polar surface area (TPSA) is 46.5 Å². The lowest BCUT2D eigenvalue weighted by Gasteiger charge is -2.12. The van der Waals surface area contributed by atoms with Crippen LogP contribution >= 0.6 is 0 Å². The monoisotopic (exact) mass is 428 g/mol. The number of esters is 1. The van der Waals surface area contributed by atoms with E-state index in [1.54, 1.807) is 30.3 Å². The molecule has 0 saturated heterocycles. The van der Waals surface area contributed by atoms with Gasteiger partial charge in [-0.05, 0) is 54.4 Å². The first-order chi connectivity index (χ1) is 15.7. The van der Waals surface area contributed by atoms with E-state index in [9.17, 15) is 9.90 Å². The van der Waals surface area contributed by atoms with Crippen LogP contribution < -0.4 is 0 Å². The maximum atomic E-state index is 12.4. The van der Waals surface area contributed by atoms with Crippen LogP contribution in [-0.4, -0.2) is 23.3 Å².